The lowest BCUT2D eigenvalue weighted by molar-refractivity contribution is -0.115. The smallest absolute Gasteiger partial charge is 0.224 e. The largest absolute Gasteiger partial charge is 0.326 e. The van der Waals surface area contributed by atoms with Gasteiger partial charge in [-0.2, -0.15) is 0 Å². The molecular formula is C15H14ClNO. The fourth-order valence-corrected chi connectivity index (χ4v) is 1.84. The van der Waals surface area contributed by atoms with Crippen molar-refractivity contribution in [1.29, 1.82) is 0 Å². The predicted octanol–water partition coefficient (Wildman–Crippen LogP) is 4.36. The molecule has 18 heavy (non-hydrogen) atoms. The monoisotopic (exact) mass is 259 g/mol. The summed E-state index contributed by atoms with van der Waals surface area (Å²) < 4.78 is 0. The van der Waals surface area contributed by atoms with E-state index in [4.69, 9.17) is 11.6 Å². The average Bonchev–Trinajstić information content (AvgIpc) is 2.40. The minimum absolute atomic E-state index is 0.0106. The van der Waals surface area contributed by atoms with Gasteiger partial charge in [0.05, 0.1) is 0 Å². The van der Waals surface area contributed by atoms with E-state index in [2.05, 4.69) is 5.32 Å². The Morgan fingerprint density at radius 1 is 1.11 bits per heavy atom. The molecule has 0 spiro atoms. The van der Waals surface area contributed by atoms with Crippen molar-refractivity contribution in [2.75, 3.05) is 5.32 Å². The maximum atomic E-state index is 11.5. The van der Waals surface area contributed by atoms with Crippen molar-refractivity contribution in [1.82, 2.24) is 0 Å². The first-order chi connectivity index (χ1) is 8.70. The lowest BCUT2D eigenvalue weighted by atomic mass is 10.0. The van der Waals surface area contributed by atoms with Gasteiger partial charge >= 0.3 is 0 Å². The fourth-order valence-electron chi connectivity index (χ4n) is 1.71. The zero-order valence-electron chi connectivity index (χ0n) is 10.1. The van der Waals surface area contributed by atoms with Crippen LogP contribution in [0.3, 0.4) is 0 Å². The van der Waals surface area contributed by atoms with Gasteiger partial charge in [0.1, 0.15) is 0 Å². The van der Waals surface area contributed by atoms with Gasteiger partial charge < -0.3 is 5.32 Å². The molecule has 0 heterocycles. The van der Waals surface area contributed by atoms with E-state index in [1.54, 1.807) is 0 Å². The van der Waals surface area contributed by atoms with E-state index in [0.717, 1.165) is 16.8 Å². The molecule has 0 aliphatic carbocycles. The third-order valence-corrected chi connectivity index (χ3v) is 2.93. The summed E-state index contributed by atoms with van der Waals surface area (Å²) in [5.41, 5.74) is 2.86. The minimum Gasteiger partial charge on any atom is -0.326 e. The number of hydrogen-bond acceptors (Lipinski definition) is 1. The SMILES string of the molecule is CCC(=O)Nc1ccccc1-c1ccc(Cl)cc1. The Labute approximate surface area is 112 Å². The maximum absolute atomic E-state index is 11.5. The second-order valence-electron chi connectivity index (χ2n) is 3.95. The number of para-hydroxylation sites is 1. The van der Waals surface area contributed by atoms with Crippen molar-refractivity contribution in [3.63, 3.8) is 0 Å². The van der Waals surface area contributed by atoms with E-state index in [1.807, 2.05) is 55.5 Å². The first-order valence-electron chi connectivity index (χ1n) is 5.85. The molecule has 0 bridgehead atoms. The molecule has 0 atom stereocenters. The van der Waals surface area contributed by atoms with Crippen LogP contribution in [0, 0.1) is 0 Å². The van der Waals surface area contributed by atoms with Gasteiger partial charge in [0, 0.05) is 22.7 Å². The molecule has 2 aromatic rings. The van der Waals surface area contributed by atoms with Crippen LogP contribution in [0.5, 0.6) is 0 Å². The zero-order chi connectivity index (χ0) is 13.0. The van der Waals surface area contributed by atoms with E-state index in [9.17, 15) is 4.79 Å². The van der Waals surface area contributed by atoms with Crippen molar-refractivity contribution in [2.24, 2.45) is 0 Å². The number of anilines is 1. The Bertz CT molecular complexity index is 549. The Balaban J connectivity index is 2.38. The third kappa shape index (κ3) is 2.90. The second-order valence-corrected chi connectivity index (χ2v) is 4.39. The Hall–Kier alpha value is -1.80. The quantitative estimate of drug-likeness (QED) is 0.872. The van der Waals surface area contributed by atoms with Crippen LogP contribution < -0.4 is 5.32 Å². The van der Waals surface area contributed by atoms with Gasteiger partial charge in [0.15, 0.2) is 0 Å². The molecule has 92 valence electrons. The van der Waals surface area contributed by atoms with Gasteiger partial charge in [-0.25, -0.2) is 0 Å². The van der Waals surface area contributed by atoms with E-state index in [1.165, 1.54) is 0 Å². The van der Waals surface area contributed by atoms with Gasteiger partial charge in [0.2, 0.25) is 5.91 Å². The first-order valence-corrected chi connectivity index (χ1v) is 6.23. The fraction of sp³-hybridized carbons (Fsp3) is 0.133. The van der Waals surface area contributed by atoms with E-state index >= 15 is 0 Å². The van der Waals surface area contributed by atoms with Crippen molar-refractivity contribution in [2.45, 2.75) is 13.3 Å². The highest BCUT2D eigenvalue weighted by Crippen LogP contribution is 2.28. The lowest BCUT2D eigenvalue weighted by Gasteiger charge is -2.10. The molecule has 0 radical (unpaired) electrons. The number of rotatable bonds is 3. The van der Waals surface area contributed by atoms with Crippen LogP contribution in [-0.4, -0.2) is 5.91 Å². The average molecular weight is 260 g/mol. The molecule has 2 rings (SSSR count). The topological polar surface area (TPSA) is 29.1 Å². The van der Waals surface area contributed by atoms with Crippen molar-refractivity contribution < 1.29 is 4.79 Å². The van der Waals surface area contributed by atoms with Crippen LogP contribution in [0.4, 0.5) is 5.69 Å². The lowest BCUT2D eigenvalue weighted by Crippen LogP contribution is -2.10. The molecular weight excluding hydrogens is 246 g/mol. The van der Waals surface area contributed by atoms with Crippen LogP contribution in [0.2, 0.25) is 5.02 Å². The number of carbonyl (C=O) groups is 1. The van der Waals surface area contributed by atoms with Crippen LogP contribution in [0.25, 0.3) is 11.1 Å². The number of nitrogens with one attached hydrogen (secondary N) is 1. The normalized spacial score (nSPS) is 10.1. The van der Waals surface area contributed by atoms with Crippen molar-refractivity contribution >= 4 is 23.2 Å². The number of carbonyl (C=O) groups excluding carboxylic acids is 1. The van der Waals surface area contributed by atoms with E-state index in [0.29, 0.717) is 11.4 Å². The second kappa shape index (κ2) is 5.69. The number of halogens is 1. The van der Waals surface area contributed by atoms with Gasteiger partial charge in [0.25, 0.3) is 0 Å². The molecule has 1 N–H and O–H groups in total. The maximum Gasteiger partial charge on any atom is 0.224 e. The van der Waals surface area contributed by atoms with Crippen LogP contribution >= 0.6 is 11.6 Å². The molecule has 0 aliphatic heterocycles. The van der Waals surface area contributed by atoms with Gasteiger partial charge in [-0.15, -0.1) is 0 Å². The van der Waals surface area contributed by atoms with Crippen LogP contribution in [0.15, 0.2) is 48.5 Å². The molecule has 0 unspecified atom stereocenters. The number of benzene rings is 2. The third-order valence-electron chi connectivity index (χ3n) is 2.68. The molecule has 0 saturated heterocycles. The summed E-state index contributed by atoms with van der Waals surface area (Å²) in [6, 6.07) is 15.3. The molecule has 0 fully saturated rings. The molecule has 2 nitrogen and oxygen atoms in total. The summed E-state index contributed by atoms with van der Waals surface area (Å²) >= 11 is 5.88. The van der Waals surface area contributed by atoms with Gasteiger partial charge in [-0.3, -0.25) is 4.79 Å². The molecule has 0 aliphatic rings. The van der Waals surface area contributed by atoms with E-state index < -0.39 is 0 Å². The Morgan fingerprint density at radius 2 is 1.78 bits per heavy atom. The first kappa shape index (κ1) is 12.7. The van der Waals surface area contributed by atoms with Crippen LogP contribution in [0.1, 0.15) is 13.3 Å². The summed E-state index contributed by atoms with van der Waals surface area (Å²) in [6.45, 7) is 1.83. The number of amides is 1. The summed E-state index contributed by atoms with van der Waals surface area (Å²) in [5, 5.41) is 3.60. The summed E-state index contributed by atoms with van der Waals surface area (Å²) in [6.07, 6.45) is 0.467. The number of hydrogen-bond donors (Lipinski definition) is 1. The van der Waals surface area contributed by atoms with Gasteiger partial charge in [-0.05, 0) is 23.8 Å². The highest BCUT2D eigenvalue weighted by Gasteiger charge is 2.06. The van der Waals surface area contributed by atoms with Gasteiger partial charge in [-0.1, -0.05) is 48.9 Å². The molecule has 2 aromatic carbocycles. The highest BCUT2D eigenvalue weighted by atomic mass is 35.5. The highest BCUT2D eigenvalue weighted by molar-refractivity contribution is 6.30. The molecule has 3 heteroatoms. The van der Waals surface area contributed by atoms with Crippen molar-refractivity contribution in [3.8, 4) is 11.1 Å². The Kier molecular flexibility index (Phi) is 4.00. The van der Waals surface area contributed by atoms with Crippen LogP contribution in [-0.2, 0) is 4.79 Å². The van der Waals surface area contributed by atoms with E-state index in [-0.39, 0.29) is 5.91 Å². The summed E-state index contributed by atoms with van der Waals surface area (Å²) in [7, 11) is 0. The zero-order valence-corrected chi connectivity index (χ0v) is 10.9. The minimum atomic E-state index is 0.0106. The predicted molar refractivity (Wildman–Crippen MR) is 75.8 cm³/mol. The summed E-state index contributed by atoms with van der Waals surface area (Å²) in [4.78, 5) is 11.5. The summed E-state index contributed by atoms with van der Waals surface area (Å²) in [5.74, 6) is 0.0106. The Morgan fingerprint density at radius 3 is 2.44 bits per heavy atom. The standard InChI is InChI=1S/C15H14ClNO/c1-2-15(18)17-14-6-4-3-5-13(14)11-7-9-12(16)10-8-11/h3-10H,2H2,1H3,(H,17,18). The molecule has 0 aromatic heterocycles. The molecule has 1 amide bonds. The van der Waals surface area contributed by atoms with Crippen molar-refractivity contribution in [3.05, 3.63) is 53.6 Å². The molecule has 0 saturated carbocycles.